The average molecular weight is 839 g/mol. The average Bonchev–Trinajstić information content (AvgIpc) is 3.13. The number of ether oxygens (including phenoxy) is 7. The molecule has 2 aliphatic heterocycles. The molecule has 294 valence electrons. The molecule has 20 heteroatoms. The Hall–Kier alpha value is -1.63. The number of carbonyl (C=O) groups excluding carboxylic acids is 1. The minimum absolute atomic E-state index is 0. The fourth-order valence-electron chi connectivity index (χ4n) is 5.99. The van der Waals surface area contributed by atoms with Gasteiger partial charge in [-0.3, -0.25) is 8.37 Å². The van der Waals surface area contributed by atoms with Crippen molar-refractivity contribution in [1.82, 2.24) is 0 Å². The van der Waals surface area contributed by atoms with E-state index in [0.29, 0.717) is 11.1 Å². The van der Waals surface area contributed by atoms with Gasteiger partial charge in [0.05, 0.1) is 37.6 Å². The van der Waals surface area contributed by atoms with Gasteiger partial charge in [0.2, 0.25) is 20.8 Å². The molecule has 0 aliphatic carbocycles. The van der Waals surface area contributed by atoms with E-state index < -0.39 is 88.2 Å². The van der Waals surface area contributed by atoms with E-state index in [1.807, 2.05) is 0 Å². The third-order valence-electron chi connectivity index (χ3n) is 8.41. The largest absolute Gasteiger partial charge is 1.00 e. The molecule has 2 aliphatic rings. The van der Waals surface area contributed by atoms with Crippen LogP contribution in [0.3, 0.4) is 0 Å². The molecule has 5 rings (SSSR count). The van der Waals surface area contributed by atoms with Crippen LogP contribution in [0.4, 0.5) is 0 Å². The van der Waals surface area contributed by atoms with E-state index in [1.165, 1.54) is 32.1 Å². The summed E-state index contributed by atoms with van der Waals surface area (Å²) < 4.78 is 125. The molecule has 2 saturated heterocycles. The van der Waals surface area contributed by atoms with Crippen LogP contribution < -0.4 is 59.1 Å². The molecule has 0 spiro atoms. The topological polar surface area (TPSA) is 215 Å². The summed E-state index contributed by atoms with van der Waals surface area (Å²) in [5.41, 5.74) is 1.39. The third-order valence-corrected chi connectivity index (χ3v) is 9.32. The summed E-state index contributed by atoms with van der Waals surface area (Å²) in [5, 5.41) is 0. The van der Waals surface area contributed by atoms with Crippen molar-refractivity contribution in [3.8, 4) is 0 Å². The van der Waals surface area contributed by atoms with Gasteiger partial charge >= 0.3 is 65.1 Å². The number of esters is 1. The Morgan fingerprint density at radius 3 is 1.54 bits per heavy atom. The maximum Gasteiger partial charge on any atom is 1.00 e. The zero-order chi connectivity index (χ0) is 38.9. The van der Waals surface area contributed by atoms with Crippen molar-refractivity contribution in [2.45, 2.75) is 88.5 Å². The third kappa shape index (κ3) is 14.3. The number of hydrogen-bond acceptors (Lipinski definition) is 16. The van der Waals surface area contributed by atoms with Crippen LogP contribution in [0.25, 0.3) is 0 Å². The van der Waals surface area contributed by atoms with Crippen molar-refractivity contribution in [3.05, 3.63) is 120 Å². The standard InChI is InChI=1S/C36H42O16S2.2Na/c1-4-20-44-35-32(45-21-25-14-8-5-9-15-25)31(29(23(2)47-35)52-54(41,42)43)50-36-33(46-22-26-16-10-6-11-17-26)30(28(24(3)48-36)51-53(38,39)40)49-34(37)27-18-12-7-13-19-27;;/h4-19,23-24,28-33,35-36H,1,20-22H2,2-3H3,(H,38,39,40)(H,41,42,43);;/q;2*+1/p-2/t23-,24-,28+,29+,30+,31+,32-,33-,35+,36-;;/m0../s1. The van der Waals surface area contributed by atoms with E-state index in [9.17, 15) is 30.7 Å². The number of carbonyl (C=O) groups is 1. The summed E-state index contributed by atoms with van der Waals surface area (Å²) in [6.07, 6.45) is -13.6. The van der Waals surface area contributed by atoms with Crippen LogP contribution in [0.15, 0.2) is 104 Å². The van der Waals surface area contributed by atoms with Crippen LogP contribution in [0.5, 0.6) is 0 Å². The minimum atomic E-state index is -5.42. The predicted octanol–water partition coefficient (Wildman–Crippen LogP) is -2.84. The van der Waals surface area contributed by atoms with Gasteiger partial charge in [0, 0.05) is 0 Å². The molecule has 0 bridgehead atoms. The van der Waals surface area contributed by atoms with E-state index in [0.717, 1.165) is 0 Å². The Morgan fingerprint density at radius 2 is 1.07 bits per heavy atom. The second-order valence-corrected chi connectivity index (χ2v) is 14.4. The van der Waals surface area contributed by atoms with Gasteiger partial charge in [-0.15, -0.1) is 6.58 Å². The SMILES string of the molecule is C=CCO[C@@H]1O[C@@H](C)[C@@H](OS(=O)(=O)[O-])[C@@H](O[C@@H]2O[C@@H](C)[C@@H](OS(=O)(=O)[O-])[C@@H](OC(=O)c3ccccc3)[C@@H]2OCc2ccccc2)[C@@H]1OCc1ccccc1.[Na+].[Na+]. The fourth-order valence-corrected chi connectivity index (χ4v) is 7.06. The van der Waals surface area contributed by atoms with Crippen LogP contribution in [0.2, 0.25) is 0 Å². The molecular formula is C36H40Na2O16S2. The summed E-state index contributed by atoms with van der Waals surface area (Å²) in [6.45, 7) is 6.12. The number of rotatable bonds is 17. The van der Waals surface area contributed by atoms with Gasteiger partial charge in [0.15, 0.2) is 18.7 Å². The molecule has 2 heterocycles. The normalized spacial score (nSPS) is 27.9. The summed E-state index contributed by atoms with van der Waals surface area (Å²) in [4.78, 5) is 13.5. The van der Waals surface area contributed by atoms with Gasteiger partial charge in [-0.2, -0.15) is 0 Å². The maximum absolute atomic E-state index is 13.5. The minimum Gasteiger partial charge on any atom is -0.726 e. The van der Waals surface area contributed by atoms with E-state index >= 15 is 0 Å². The monoisotopic (exact) mass is 838 g/mol. The van der Waals surface area contributed by atoms with Crippen molar-refractivity contribution in [3.63, 3.8) is 0 Å². The number of hydrogen-bond donors (Lipinski definition) is 0. The fraction of sp³-hybridized carbons (Fsp3) is 0.417. The summed E-state index contributed by atoms with van der Waals surface area (Å²) >= 11 is 0. The first-order valence-corrected chi connectivity index (χ1v) is 19.4. The first-order valence-electron chi connectivity index (χ1n) is 16.8. The maximum atomic E-state index is 13.5. The van der Waals surface area contributed by atoms with Crippen molar-refractivity contribution >= 4 is 26.8 Å². The second kappa shape index (κ2) is 22.7. The molecule has 0 N–H and O–H groups in total. The molecule has 3 aromatic rings. The van der Waals surface area contributed by atoms with Gasteiger partial charge < -0.3 is 42.3 Å². The van der Waals surface area contributed by atoms with Crippen molar-refractivity contribution in [1.29, 1.82) is 0 Å². The number of benzene rings is 3. The molecule has 10 atom stereocenters. The molecule has 0 unspecified atom stereocenters. The molecule has 0 amide bonds. The van der Waals surface area contributed by atoms with Crippen LogP contribution in [0.1, 0.15) is 35.3 Å². The smallest absolute Gasteiger partial charge is 0.726 e. The van der Waals surface area contributed by atoms with Crippen molar-refractivity contribution in [2.24, 2.45) is 0 Å². The first-order chi connectivity index (χ1) is 25.7. The zero-order valence-electron chi connectivity index (χ0n) is 31.2. The quantitative estimate of drug-likeness (QED) is 0.0440. The summed E-state index contributed by atoms with van der Waals surface area (Å²) in [6, 6.07) is 25.3. The van der Waals surface area contributed by atoms with Gasteiger partial charge in [-0.25, -0.2) is 21.6 Å². The Bertz CT molecular complexity index is 1880. The second-order valence-electron chi connectivity index (χ2n) is 12.3. The van der Waals surface area contributed by atoms with Crippen LogP contribution in [-0.2, 0) is 75.5 Å². The van der Waals surface area contributed by atoms with Gasteiger partial charge in [-0.1, -0.05) is 84.9 Å². The summed E-state index contributed by atoms with van der Waals surface area (Å²) in [5.74, 6) is -0.932. The first kappa shape index (κ1) is 48.7. The molecule has 16 nitrogen and oxygen atoms in total. The molecule has 2 fully saturated rings. The Kier molecular flexibility index (Phi) is 19.7. The van der Waals surface area contributed by atoms with Crippen molar-refractivity contribution in [2.75, 3.05) is 6.61 Å². The van der Waals surface area contributed by atoms with Crippen LogP contribution in [0, 0.1) is 0 Å². The van der Waals surface area contributed by atoms with E-state index in [-0.39, 0.29) is 84.5 Å². The van der Waals surface area contributed by atoms with Crippen LogP contribution in [-0.4, -0.2) is 99.9 Å². The Balaban J connectivity index is 0.00000420. The van der Waals surface area contributed by atoms with Crippen molar-refractivity contribution < 1.29 is 131 Å². The van der Waals surface area contributed by atoms with Gasteiger partial charge in [0.25, 0.3) is 0 Å². The Labute approximate surface area is 370 Å². The zero-order valence-corrected chi connectivity index (χ0v) is 36.8. The van der Waals surface area contributed by atoms with E-state index in [2.05, 4.69) is 6.58 Å². The summed E-state index contributed by atoms with van der Waals surface area (Å²) in [7, 11) is -10.8. The molecule has 0 aromatic heterocycles. The Morgan fingerprint density at radius 1 is 0.643 bits per heavy atom. The van der Waals surface area contributed by atoms with Crippen LogP contribution >= 0.6 is 0 Å². The van der Waals surface area contributed by atoms with Gasteiger partial charge in [-0.05, 0) is 37.1 Å². The predicted molar refractivity (Wildman–Crippen MR) is 185 cm³/mol. The molecule has 3 aromatic carbocycles. The molecule has 56 heavy (non-hydrogen) atoms. The molecule has 0 saturated carbocycles. The molecule has 0 radical (unpaired) electrons. The van der Waals surface area contributed by atoms with Gasteiger partial charge in [0.1, 0.15) is 30.5 Å². The van der Waals surface area contributed by atoms with E-state index in [4.69, 9.17) is 41.5 Å². The molecular weight excluding hydrogens is 798 g/mol. The van der Waals surface area contributed by atoms with E-state index in [1.54, 1.807) is 78.9 Å².